The maximum Gasteiger partial charge on any atom is 0.134 e. The number of halogens is 3. The Labute approximate surface area is 185 Å². The minimum atomic E-state index is -0.471. The highest BCUT2D eigenvalue weighted by Crippen LogP contribution is 2.41. The smallest absolute Gasteiger partial charge is 0.134 e. The van der Waals surface area contributed by atoms with E-state index in [4.69, 9.17) is 11.6 Å². The van der Waals surface area contributed by atoms with Gasteiger partial charge in [0.05, 0.1) is 5.56 Å². The van der Waals surface area contributed by atoms with Crippen molar-refractivity contribution in [2.75, 3.05) is 0 Å². The van der Waals surface area contributed by atoms with Gasteiger partial charge in [-0.2, -0.15) is 0 Å². The molecule has 2 aromatic rings. The highest BCUT2D eigenvalue weighted by Gasteiger charge is 2.26. The summed E-state index contributed by atoms with van der Waals surface area (Å²) in [5, 5.41) is 0.561. The molecular formula is C27H33ClF2. The third kappa shape index (κ3) is 5.25. The molecule has 0 N–H and O–H groups in total. The van der Waals surface area contributed by atoms with Gasteiger partial charge in [-0.1, -0.05) is 69.2 Å². The van der Waals surface area contributed by atoms with Gasteiger partial charge in [-0.25, -0.2) is 8.78 Å². The molecule has 30 heavy (non-hydrogen) atoms. The highest BCUT2D eigenvalue weighted by atomic mass is 35.5. The summed E-state index contributed by atoms with van der Waals surface area (Å²) in [6, 6.07) is 9.78. The van der Waals surface area contributed by atoms with Crippen LogP contribution in [0.1, 0.15) is 82.6 Å². The molecule has 0 heterocycles. The molecule has 0 aromatic heterocycles. The van der Waals surface area contributed by atoms with E-state index in [-0.39, 0.29) is 11.5 Å². The van der Waals surface area contributed by atoms with Crippen LogP contribution in [0, 0.1) is 29.4 Å². The first-order chi connectivity index (χ1) is 14.5. The lowest BCUT2D eigenvalue weighted by Gasteiger charge is -2.31. The van der Waals surface area contributed by atoms with Crippen molar-refractivity contribution in [3.8, 4) is 11.1 Å². The molecule has 162 valence electrons. The Morgan fingerprint density at radius 2 is 1.27 bits per heavy atom. The summed E-state index contributed by atoms with van der Waals surface area (Å²) in [5.74, 6) is 1.98. The van der Waals surface area contributed by atoms with Gasteiger partial charge < -0.3 is 0 Å². The van der Waals surface area contributed by atoms with Crippen molar-refractivity contribution in [3.63, 3.8) is 0 Å². The molecule has 4 rings (SSSR count). The van der Waals surface area contributed by atoms with Crippen LogP contribution < -0.4 is 0 Å². The van der Waals surface area contributed by atoms with E-state index in [1.54, 1.807) is 36.4 Å². The first-order valence-electron chi connectivity index (χ1n) is 11.7. The minimum Gasteiger partial charge on any atom is -0.206 e. The topological polar surface area (TPSA) is 0 Å². The molecule has 0 bridgehead atoms. The van der Waals surface area contributed by atoms with Crippen molar-refractivity contribution in [1.29, 1.82) is 0 Å². The molecule has 2 saturated carbocycles. The fourth-order valence-electron chi connectivity index (χ4n) is 5.59. The van der Waals surface area contributed by atoms with Gasteiger partial charge in [0, 0.05) is 5.02 Å². The zero-order valence-electron chi connectivity index (χ0n) is 18.0. The molecule has 0 amide bonds. The van der Waals surface area contributed by atoms with Crippen molar-refractivity contribution in [3.05, 3.63) is 58.6 Å². The predicted octanol–water partition coefficient (Wildman–Crippen LogP) is 9.17. The lowest BCUT2D eigenvalue weighted by Crippen LogP contribution is -2.17. The fraction of sp³-hybridized carbons (Fsp3) is 0.556. The quantitative estimate of drug-likeness (QED) is 0.443. The van der Waals surface area contributed by atoms with Crippen LogP contribution in [0.4, 0.5) is 8.78 Å². The number of hydrogen-bond acceptors (Lipinski definition) is 0. The molecule has 0 unspecified atom stereocenters. The Kier molecular flexibility index (Phi) is 7.13. The standard InChI is InChI=1S/C27H33ClF2/c1-18-2-4-19(5-3-18)6-7-20-8-10-21(11-9-20)23-16-25(29)27(26(30)17-23)22-12-14-24(28)15-13-22/h12-21H,2-11H2,1H3/t18-,19-,20?,21?. The lowest BCUT2D eigenvalue weighted by molar-refractivity contribution is 0.237. The summed E-state index contributed by atoms with van der Waals surface area (Å²) in [4.78, 5) is 0. The van der Waals surface area contributed by atoms with Gasteiger partial charge in [-0.15, -0.1) is 0 Å². The van der Waals surface area contributed by atoms with Crippen LogP contribution in [-0.2, 0) is 0 Å². The molecule has 2 fully saturated rings. The second-order valence-corrected chi connectivity index (χ2v) is 10.2. The lowest BCUT2D eigenvalue weighted by atomic mass is 9.74. The largest absolute Gasteiger partial charge is 0.206 e. The van der Waals surface area contributed by atoms with Crippen molar-refractivity contribution < 1.29 is 8.78 Å². The molecule has 2 aliphatic rings. The molecule has 3 heteroatoms. The van der Waals surface area contributed by atoms with Crippen LogP contribution in [0.5, 0.6) is 0 Å². The summed E-state index contributed by atoms with van der Waals surface area (Å²) >= 11 is 5.90. The summed E-state index contributed by atoms with van der Waals surface area (Å²) in [5.41, 5.74) is 1.40. The molecule has 0 saturated heterocycles. The number of benzene rings is 2. The van der Waals surface area contributed by atoms with Gasteiger partial charge in [0.1, 0.15) is 11.6 Å². The van der Waals surface area contributed by atoms with Crippen molar-refractivity contribution >= 4 is 11.6 Å². The van der Waals surface area contributed by atoms with E-state index >= 15 is 0 Å². The van der Waals surface area contributed by atoms with E-state index in [1.807, 2.05) is 0 Å². The van der Waals surface area contributed by atoms with Crippen molar-refractivity contribution in [2.45, 2.75) is 77.0 Å². The predicted molar refractivity (Wildman–Crippen MR) is 122 cm³/mol. The molecule has 0 aliphatic heterocycles. The minimum absolute atomic E-state index is 0.0471. The van der Waals surface area contributed by atoms with Crippen LogP contribution in [-0.4, -0.2) is 0 Å². The third-order valence-corrected chi connectivity index (χ3v) is 7.89. The Morgan fingerprint density at radius 1 is 0.767 bits per heavy atom. The molecular weight excluding hydrogens is 398 g/mol. The van der Waals surface area contributed by atoms with Crippen molar-refractivity contribution in [2.24, 2.45) is 17.8 Å². The number of hydrogen-bond donors (Lipinski definition) is 0. The molecule has 0 nitrogen and oxygen atoms in total. The molecule has 2 aromatic carbocycles. The van der Waals surface area contributed by atoms with E-state index in [9.17, 15) is 8.78 Å². The Balaban J connectivity index is 1.34. The van der Waals surface area contributed by atoms with Crippen LogP contribution in [0.2, 0.25) is 5.02 Å². The second-order valence-electron chi connectivity index (χ2n) is 9.79. The second kappa shape index (κ2) is 9.81. The van der Waals surface area contributed by atoms with E-state index in [0.29, 0.717) is 10.6 Å². The maximum atomic E-state index is 14.8. The first kappa shape index (κ1) is 21.8. The SMILES string of the molecule is C[C@H]1CC[C@H](CCC2CCC(c3cc(F)c(-c4ccc(Cl)cc4)c(F)c3)CC2)CC1. The zero-order valence-corrected chi connectivity index (χ0v) is 18.7. The molecule has 2 aliphatic carbocycles. The van der Waals surface area contributed by atoms with E-state index in [1.165, 1.54) is 51.4 Å². The molecule has 0 radical (unpaired) electrons. The van der Waals surface area contributed by atoms with E-state index < -0.39 is 11.6 Å². The third-order valence-electron chi connectivity index (χ3n) is 7.63. The average Bonchev–Trinajstić information content (AvgIpc) is 2.74. The van der Waals surface area contributed by atoms with Gasteiger partial charge in [-0.3, -0.25) is 0 Å². The zero-order chi connectivity index (χ0) is 21.1. The first-order valence-corrected chi connectivity index (χ1v) is 12.1. The fourth-order valence-corrected chi connectivity index (χ4v) is 5.72. The van der Waals surface area contributed by atoms with Crippen LogP contribution in [0.25, 0.3) is 11.1 Å². The summed E-state index contributed by atoms with van der Waals surface area (Å²) in [6.45, 7) is 2.38. The molecule has 0 spiro atoms. The average molecular weight is 431 g/mol. The monoisotopic (exact) mass is 430 g/mol. The Bertz CT molecular complexity index is 805. The Hall–Kier alpha value is -1.41. The summed E-state index contributed by atoms with van der Waals surface area (Å²) in [7, 11) is 0. The maximum absolute atomic E-state index is 14.8. The Morgan fingerprint density at radius 3 is 1.80 bits per heavy atom. The number of rotatable bonds is 5. The van der Waals surface area contributed by atoms with E-state index in [2.05, 4.69) is 6.92 Å². The summed E-state index contributed by atoms with van der Waals surface area (Å²) < 4.78 is 29.6. The van der Waals surface area contributed by atoms with Crippen LogP contribution >= 0.6 is 11.6 Å². The van der Waals surface area contributed by atoms with Gasteiger partial charge in [0.25, 0.3) is 0 Å². The van der Waals surface area contributed by atoms with Crippen molar-refractivity contribution in [1.82, 2.24) is 0 Å². The van der Waals surface area contributed by atoms with E-state index in [0.717, 1.165) is 36.2 Å². The summed E-state index contributed by atoms with van der Waals surface area (Å²) in [6.07, 6.45) is 12.8. The van der Waals surface area contributed by atoms with Gasteiger partial charge in [0.15, 0.2) is 0 Å². The van der Waals surface area contributed by atoms with Gasteiger partial charge in [-0.05, 0) is 84.7 Å². The van der Waals surface area contributed by atoms with Crippen LogP contribution in [0.15, 0.2) is 36.4 Å². The van der Waals surface area contributed by atoms with Gasteiger partial charge >= 0.3 is 0 Å². The normalized spacial score (nSPS) is 27.2. The highest BCUT2D eigenvalue weighted by molar-refractivity contribution is 6.30. The van der Waals surface area contributed by atoms with Crippen LogP contribution in [0.3, 0.4) is 0 Å². The van der Waals surface area contributed by atoms with Gasteiger partial charge in [0.2, 0.25) is 0 Å². The molecule has 0 atom stereocenters.